The molecule has 30 heavy (non-hydrogen) atoms. The number of non-ortho nitro benzene ring substituents is 1. The maximum absolute atomic E-state index is 11.9. The number of nitro benzene ring substituents is 1. The number of nitrogens with zero attached hydrogens (tertiary/aromatic N) is 2. The second-order valence-electron chi connectivity index (χ2n) is 5.95. The Balaban J connectivity index is 1.81. The second-order valence-corrected chi connectivity index (χ2v) is 6.93. The zero-order chi connectivity index (χ0) is 21.8. The molecule has 0 aromatic heterocycles. The van der Waals surface area contributed by atoms with Crippen molar-refractivity contribution in [3.63, 3.8) is 0 Å². The topological polar surface area (TPSA) is 103 Å². The van der Waals surface area contributed by atoms with E-state index in [-0.39, 0.29) is 17.3 Å². The van der Waals surface area contributed by atoms with Gasteiger partial charge in [-0.25, -0.2) is 5.43 Å². The highest BCUT2D eigenvalue weighted by molar-refractivity contribution is 7.99. The SMILES string of the molecule is C=CCOc1ccc(/C=N\NC(=O)CSCc2ccc([N+](=O)[O-])cc2)cc1OCC. The van der Waals surface area contributed by atoms with Crippen LogP contribution in [-0.4, -0.2) is 36.0 Å². The molecule has 2 rings (SSSR count). The lowest BCUT2D eigenvalue weighted by Gasteiger charge is -2.11. The van der Waals surface area contributed by atoms with Gasteiger partial charge in [0.15, 0.2) is 11.5 Å². The first-order valence-electron chi connectivity index (χ1n) is 9.17. The van der Waals surface area contributed by atoms with Gasteiger partial charge < -0.3 is 9.47 Å². The van der Waals surface area contributed by atoms with Crippen molar-refractivity contribution in [1.29, 1.82) is 0 Å². The van der Waals surface area contributed by atoms with Crippen molar-refractivity contribution in [2.45, 2.75) is 12.7 Å². The normalized spacial score (nSPS) is 10.6. The Kier molecular flexibility index (Phi) is 9.39. The van der Waals surface area contributed by atoms with Gasteiger partial charge in [-0.1, -0.05) is 24.8 Å². The van der Waals surface area contributed by atoms with Gasteiger partial charge in [0, 0.05) is 17.9 Å². The van der Waals surface area contributed by atoms with Crippen molar-refractivity contribution in [2.75, 3.05) is 19.0 Å². The molecule has 2 aromatic carbocycles. The quantitative estimate of drug-likeness (QED) is 0.237. The fourth-order valence-electron chi connectivity index (χ4n) is 2.33. The number of benzene rings is 2. The average Bonchev–Trinajstić information content (AvgIpc) is 2.74. The van der Waals surface area contributed by atoms with E-state index in [4.69, 9.17) is 9.47 Å². The Morgan fingerprint density at radius 2 is 2.00 bits per heavy atom. The summed E-state index contributed by atoms with van der Waals surface area (Å²) in [6, 6.07) is 11.6. The van der Waals surface area contributed by atoms with Crippen LogP contribution in [0.2, 0.25) is 0 Å². The molecule has 0 aliphatic rings. The molecule has 0 spiro atoms. The van der Waals surface area contributed by atoms with Crippen LogP contribution in [0.25, 0.3) is 0 Å². The molecular weight excluding hydrogens is 406 g/mol. The number of nitrogens with one attached hydrogen (secondary N) is 1. The summed E-state index contributed by atoms with van der Waals surface area (Å²) in [6.45, 7) is 6.37. The largest absolute Gasteiger partial charge is 0.490 e. The molecule has 0 aliphatic heterocycles. The van der Waals surface area contributed by atoms with Gasteiger partial charge in [0.1, 0.15) is 6.61 Å². The second kappa shape index (κ2) is 12.3. The van der Waals surface area contributed by atoms with Gasteiger partial charge in [0.2, 0.25) is 5.91 Å². The van der Waals surface area contributed by atoms with Crippen LogP contribution < -0.4 is 14.9 Å². The Hall–Kier alpha value is -3.33. The first-order valence-corrected chi connectivity index (χ1v) is 10.3. The van der Waals surface area contributed by atoms with Gasteiger partial charge in [0.05, 0.1) is 23.5 Å². The van der Waals surface area contributed by atoms with Crippen molar-refractivity contribution in [3.05, 3.63) is 76.4 Å². The first-order chi connectivity index (χ1) is 14.5. The van der Waals surface area contributed by atoms with Crippen LogP contribution in [0.3, 0.4) is 0 Å². The maximum Gasteiger partial charge on any atom is 0.269 e. The van der Waals surface area contributed by atoms with Crippen molar-refractivity contribution in [3.8, 4) is 11.5 Å². The molecule has 0 saturated carbocycles. The van der Waals surface area contributed by atoms with Crippen LogP contribution in [0.1, 0.15) is 18.1 Å². The standard InChI is InChI=1S/C21H23N3O5S/c1-3-11-29-19-10-7-17(12-20(19)28-4-2)13-22-23-21(25)15-30-14-16-5-8-18(9-6-16)24(26)27/h3,5-10,12-13H,1,4,11,14-15H2,2H3,(H,23,25)/b22-13-. The third-order valence-electron chi connectivity index (χ3n) is 3.68. The average molecular weight is 429 g/mol. The van der Waals surface area contributed by atoms with Crippen molar-refractivity contribution >= 4 is 29.6 Å². The lowest BCUT2D eigenvalue weighted by atomic mass is 10.2. The number of amides is 1. The molecule has 0 heterocycles. The summed E-state index contributed by atoms with van der Waals surface area (Å²) in [5.41, 5.74) is 4.18. The fourth-order valence-corrected chi connectivity index (χ4v) is 3.11. The first kappa shape index (κ1) is 23.0. The third kappa shape index (κ3) is 7.59. The van der Waals surface area contributed by atoms with Gasteiger partial charge in [-0.15, -0.1) is 11.8 Å². The minimum absolute atomic E-state index is 0.0450. The molecule has 2 aromatic rings. The Labute approximate surface area is 179 Å². The molecule has 158 valence electrons. The van der Waals surface area contributed by atoms with Crippen molar-refractivity contribution in [2.24, 2.45) is 5.10 Å². The highest BCUT2D eigenvalue weighted by atomic mass is 32.2. The maximum atomic E-state index is 11.9. The molecule has 0 atom stereocenters. The van der Waals surface area contributed by atoms with Crippen LogP contribution >= 0.6 is 11.8 Å². The summed E-state index contributed by atoms with van der Waals surface area (Å²) in [6.07, 6.45) is 3.18. The zero-order valence-electron chi connectivity index (χ0n) is 16.6. The Morgan fingerprint density at radius 3 is 2.67 bits per heavy atom. The number of nitro groups is 1. The summed E-state index contributed by atoms with van der Waals surface area (Å²) in [4.78, 5) is 22.1. The molecule has 0 radical (unpaired) electrons. The van der Waals surface area contributed by atoms with Gasteiger partial charge in [-0.05, 0) is 36.2 Å². The van der Waals surface area contributed by atoms with Crippen LogP contribution in [-0.2, 0) is 10.5 Å². The number of hydrogen-bond acceptors (Lipinski definition) is 7. The molecule has 0 saturated heterocycles. The molecule has 0 unspecified atom stereocenters. The molecule has 0 bridgehead atoms. The predicted octanol–water partition coefficient (Wildman–Crippen LogP) is 3.94. The minimum atomic E-state index is -0.443. The molecule has 9 heteroatoms. The van der Waals surface area contributed by atoms with Crippen LogP contribution in [0.4, 0.5) is 5.69 Å². The van der Waals surface area contributed by atoms with Crippen LogP contribution in [0.15, 0.2) is 60.2 Å². The molecule has 8 nitrogen and oxygen atoms in total. The highest BCUT2D eigenvalue weighted by Gasteiger charge is 2.07. The smallest absolute Gasteiger partial charge is 0.269 e. The summed E-state index contributed by atoms with van der Waals surface area (Å²) in [5.74, 6) is 1.74. The van der Waals surface area contributed by atoms with Gasteiger partial charge in [-0.3, -0.25) is 14.9 Å². The highest BCUT2D eigenvalue weighted by Crippen LogP contribution is 2.28. The van der Waals surface area contributed by atoms with E-state index in [1.807, 2.05) is 6.92 Å². The number of hydrogen-bond donors (Lipinski definition) is 1. The lowest BCUT2D eigenvalue weighted by molar-refractivity contribution is -0.384. The Bertz CT molecular complexity index is 900. The van der Waals surface area contributed by atoms with Gasteiger partial charge in [-0.2, -0.15) is 5.10 Å². The van der Waals surface area contributed by atoms with Crippen molar-refractivity contribution in [1.82, 2.24) is 5.43 Å². The number of hydrazone groups is 1. The fraction of sp³-hybridized carbons (Fsp3) is 0.238. The van der Waals surface area contributed by atoms with E-state index in [9.17, 15) is 14.9 Å². The van der Waals surface area contributed by atoms with E-state index < -0.39 is 4.92 Å². The summed E-state index contributed by atoms with van der Waals surface area (Å²) >= 11 is 1.39. The van der Waals surface area contributed by atoms with E-state index in [0.717, 1.165) is 11.1 Å². The van der Waals surface area contributed by atoms with Gasteiger partial charge >= 0.3 is 0 Å². The van der Waals surface area contributed by atoms with Crippen LogP contribution in [0.5, 0.6) is 11.5 Å². The summed E-state index contributed by atoms with van der Waals surface area (Å²) < 4.78 is 11.1. The number of ether oxygens (including phenoxy) is 2. The minimum Gasteiger partial charge on any atom is -0.490 e. The predicted molar refractivity (Wildman–Crippen MR) is 118 cm³/mol. The molecule has 1 N–H and O–H groups in total. The van der Waals surface area contributed by atoms with E-state index in [0.29, 0.717) is 30.5 Å². The number of thioether (sulfide) groups is 1. The number of rotatable bonds is 12. The summed E-state index contributed by atoms with van der Waals surface area (Å²) in [5, 5.41) is 14.6. The van der Waals surface area contributed by atoms with E-state index >= 15 is 0 Å². The van der Waals surface area contributed by atoms with E-state index in [2.05, 4.69) is 17.1 Å². The molecular formula is C21H23N3O5S. The van der Waals surface area contributed by atoms with Gasteiger partial charge in [0.25, 0.3) is 5.69 Å². The monoisotopic (exact) mass is 429 g/mol. The lowest BCUT2D eigenvalue weighted by Crippen LogP contribution is -2.19. The van der Waals surface area contributed by atoms with E-state index in [1.165, 1.54) is 30.1 Å². The van der Waals surface area contributed by atoms with Crippen LogP contribution in [0, 0.1) is 10.1 Å². The molecule has 0 fully saturated rings. The molecule has 0 aliphatic carbocycles. The molecule has 1 amide bonds. The van der Waals surface area contributed by atoms with Crippen molar-refractivity contribution < 1.29 is 19.2 Å². The number of carbonyl (C=O) groups is 1. The van der Waals surface area contributed by atoms with E-state index in [1.54, 1.807) is 36.4 Å². The summed E-state index contributed by atoms with van der Waals surface area (Å²) in [7, 11) is 0. The Morgan fingerprint density at radius 1 is 1.23 bits per heavy atom. The number of carbonyl (C=O) groups excluding carboxylic acids is 1. The third-order valence-corrected chi connectivity index (χ3v) is 4.68. The zero-order valence-corrected chi connectivity index (χ0v) is 17.4.